The van der Waals surface area contributed by atoms with E-state index in [9.17, 15) is 0 Å². The average Bonchev–Trinajstić information content (AvgIpc) is 2.41. The van der Waals surface area contributed by atoms with Crippen molar-refractivity contribution in [2.75, 3.05) is 11.9 Å². The van der Waals surface area contributed by atoms with E-state index in [2.05, 4.69) is 5.32 Å². The van der Waals surface area contributed by atoms with Crippen LogP contribution in [0.3, 0.4) is 0 Å². The molecule has 0 aromatic heterocycles. The van der Waals surface area contributed by atoms with Gasteiger partial charge in [-0.2, -0.15) is 0 Å². The number of para-hydroxylation sites is 1. The maximum atomic E-state index is 5.78. The lowest BCUT2D eigenvalue weighted by Crippen LogP contribution is -2.12. The topological polar surface area (TPSA) is 47.3 Å². The van der Waals surface area contributed by atoms with E-state index in [-0.39, 0.29) is 0 Å². The Hall–Kier alpha value is -2.07. The highest BCUT2D eigenvalue weighted by Crippen LogP contribution is 2.27. The van der Waals surface area contributed by atoms with E-state index >= 15 is 0 Å². The first-order valence-corrected chi connectivity index (χ1v) is 6.92. The van der Waals surface area contributed by atoms with Gasteiger partial charge in [0.15, 0.2) is 0 Å². The summed E-state index contributed by atoms with van der Waals surface area (Å²) in [5, 5.41) is 3.37. The van der Waals surface area contributed by atoms with Crippen molar-refractivity contribution in [1.29, 1.82) is 0 Å². The molecule has 0 saturated carbocycles. The Balaban J connectivity index is 2.34. The van der Waals surface area contributed by atoms with Crippen molar-refractivity contribution in [3.05, 3.63) is 53.6 Å². The van der Waals surface area contributed by atoms with E-state index in [1.807, 2.05) is 56.3 Å². The quantitative estimate of drug-likeness (QED) is 0.821. The van der Waals surface area contributed by atoms with Crippen LogP contribution in [0.15, 0.2) is 42.5 Å². The summed E-state index contributed by atoms with van der Waals surface area (Å²) >= 11 is 5.11. The second-order valence-corrected chi connectivity index (χ2v) is 4.89. The molecule has 0 amide bonds. The number of nitrogens with two attached hydrogens (primary N) is 1. The number of ether oxygens (including phenoxy) is 1. The van der Waals surface area contributed by atoms with Crippen molar-refractivity contribution in [3.63, 3.8) is 0 Å². The molecule has 0 spiro atoms. The molecule has 104 valence electrons. The van der Waals surface area contributed by atoms with Crippen molar-refractivity contribution in [2.45, 2.75) is 13.8 Å². The van der Waals surface area contributed by atoms with Crippen LogP contribution in [0.4, 0.5) is 11.4 Å². The van der Waals surface area contributed by atoms with Gasteiger partial charge >= 0.3 is 0 Å². The second kappa shape index (κ2) is 6.39. The molecule has 20 heavy (non-hydrogen) atoms. The summed E-state index contributed by atoms with van der Waals surface area (Å²) in [7, 11) is 0. The molecule has 0 bridgehead atoms. The highest BCUT2D eigenvalue weighted by Gasteiger charge is 2.08. The van der Waals surface area contributed by atoms with Gasteiger partial charge in [0, 0.05) is 17.3 Å². The van der Waals surface area contributed by atoms with Crippen LogP contribution < -0.4 is 15.8 Å². The molecule has 3 N–H and O–H groups in total. The predicted molar refractivity (Wildman–Crippen MR) is 88.0 cm³/mol. The number of anilines is 2. The molecule has 0 unspecified atom stereocenters. The van der Waals surface area contributed by atoms with Gasteiger partial charge in [-0.3, -0.25) is 0 Å². The maximum Gasteiger partial charge on any atom is 0.121 e. The fourth-order valence-corrected chi connectivity index (χ4v) is 2.18. The Labute approximate surface area is 124 Å². The molecule has 0 heterocycles. The van der Waals surface area contributed by atoms with Gasteiger partial charge in [-0.25, -0.2) is 0 Å². The van der Waals surface area contributed by atoms with Gasteiger partial charge in [0.2, 0.25) is 0 Å². The van der Waals surface area contributed by atoms with E-state index < -0.39 is 0 Å². The third kappa shape index (κ3) is 3.27. The van der Waals surface area contributed by atoms with Crippen LogP contribution in [0.25, 0.3) is 0 Å². The van der Waals surface area contributed by atoms with Crippen molar-refractivity contribution in [2.24, 2.45) is 5.73 Å². The molecule has 0 fully saturated rings. The lowest BCUT2D eigenvalue weighted by Gasteiger charge is -2.15. The second-order valence-electron chi connectivity index (χ2n) is 4.45. The summed E-state index contributed by atoms with van der Waals surface area (Å²) in [5.74, 6) is 0.836. The van der Waals surface area contributed by atoms with Crippen LogP contribution in [0.5, 0.6) is 5.75 Å². The first-order valence-electron chi connectivity index (χ1n) is 6.51. The SMILES string of the molecule is CCOc1cccc(Nc2c(C)cccc2C(N)=S)c1. The number of thiocarbonyl (C=S) groups is 1. The van der Waals surface area contributed by atoms with Gasteiger partial charge in [0.1, 0.15) is 10.7 Å². The van der Waals surface area contributed by atoms with E-state index in [1.165, 1.54) is 0 Å². The van der Waals surface area contributed by atoms with Crippen LogP contribution in [0, 0.1) is 6.92 Å². The molecule has 2 aromatic carbocycles. The minimum Gasteiger partial charge on any atom is -0.494 e. The lowest BCUT2D eigenvalue weighted by atomic mass is 10.1. The van der Waals surface area contributed by atoms with Crippen molar-refractivity contribution >= 4 is 28.6 Å². The molecule has 2 aromatic rings. The van der Waals surface area contributed by atoms with Gasteiger partial charge in [0.05, 0.1) is 12.3 Å². The highest BCUT2D eigenvalue weighted by molar-refractivity contribution is 7.80. The summed E-state index contributed by atoms with van der Waals surface area (Å²) in [6.45, 7) is 4.63. The van der Waals surface area contributed by atoms with E-state index in [0.29, 0.717) is 11.6 Å². The number of benzene rings is 2. The largest absolute Gasteiger partial charge is 0.494 e. The van der Waals surface area contributed by atoms with E-state index in [0.717, 1.165) is 28.3 Å². The van der Waals surface area contributed by atoms with Crippen molar-refractivity contribution in [1.82, 2.24) is 0 Å². The molecule has 0 aliphatic rings. The van der Waals surface area contributed by atoms with Gasteiger partial charge in [-0.1, -0.05) is 30.4 Å². The average molecular weight is 286 g/mol. The van der Waals surface area contributed by atoms with E-state index in [1.54, 1.807) is 0 Å². The third-order valence-electron chi connectivity index (χ3n) is 2.95. The molecule has 0 saturated heterocycles. The first kappa shape index (κ1) is 14.3. The van der Waals surface area contributed by atoms with Crippen molar-refractivity contribution < 1.29 is 4.74 Å². The Bertz CT molecular complexity index is 626. The molecule has 2 rings (SSSR count). The summed E-state index contributed by atoms with van der Waals surface area (Å²) in [5.41, 5.74) is 9.61. The number of hydrogen-bond donors (Lipinski definition) is 2. The van der Waals surface area contributed by atoms with Gasteiger partial charge < -0.3 is 15.8 Å². The number of hydrogen-bond acceptors (Lipinski definition) is 3. The minimum absolute atomic E-state index is 0.386. The van der Waals surface area contributed by atoms with Crippen LogP contribution in [0.2, 0.25) is 0 Å². The zero-order valence-electron chi connectivity index (χ0n) is 11.6. The van der Waals surface area contributed by atoms with Crippen molar-refractivity contribution in [3.8, 4) is 5.75 Å². The maximum absolute atomic E-state index is 5.78. The fourth-order valence-electron chi connectivity index (χ4n) is 2.01. The Morgan fingerprint density at radius 2 is 2.00 bits per heavy atom. The Morgan fingerprint density at radius 1 is 1.25 bits per heavy atom. The predicted octanol–water partition coefficient (Wildman–Crippen LogP) is 3.77. The summed E-state index contributed by atoms with van der Waals surface area (Å²) in [6.07, 6.45) is 0. The van der Waals surface area contributed by atoms with Gasteiger partial charge in [0.25, 0.3) is 0 Å². The lowest BCUT2D eigenvalue weighted by molar-refractivity contribution is 0.340. The molecule has 4 heteroatoms. The number of nitrogens with one attached hydrogen (secondary N) is 1. The zero-order valence-corrected chi connectivity index (χ0v) is 12.5. The number of aryl methyl sites for hydroxylation is 1. The van der Waals surface area contributed by atoms with E-state index in [4.69, 9.17) is 22.7 Å². The third-order valence-corrected chi connectivity index (χ3v) is 3.17. The number of rotatable bonds is 5. The smallest absolute Gasteiger partial charge is 0.121 e. The van der Waals surface area contributed by atoms with Crippen LogP contribution in [-0.4, -0.2) is 11.6 Å². The summed E-state index contributed by atoms with van der Waals surface area (Å²) in [4.78, 5) is 0.386. The zero-order chi connectivity index (χ0) is 14.5. The molecular weight excluding hydrogens is 268 g/mol. The van der Waals surface area contributed by atoms with Crippen LogP contribution >= 0.6 is 12.2 Å². The van der Waals surface area contributed by atoms with Crippen LogP contribution in [0.1, 0.15) is 18.1 Å². The minimum atomic E-state index is 0.386. The fraction of sp³-hybridized carbons (Fsp3) is 0.188. The summed E-state index contributed by atoms with van der Waals surface area (Å²) in [6, 6.07) is 13.7. The molecule has 0 aliphatic carbocycles. The monoisotopic (exact) mass is 286 g/mol. The first-order chi connectivity index (χ1) is 9.61. The summed E-state index contributed by atoms with van der Waals surface area (Å²) < 4.78 is 5.50. The normalized spacial score (nSPS) is 10.1. The highest BCUT2D eigenvalue weighted by atomic mass is 32.1. The molecular formula is C16H18N2OS. The Morgan fingerprint density at radius 3 is 2.70 bits per heavy atom. The molecule has 3 nitrogen and oxygen atoms in total. The van der Waals surface area contributed by atoms with Gasteiger partial charge in [-0.15, -0.1) is 0 Å². The molecule has 0 atom stereocenters. The molecule has 0 radical (unpaired) electrons. The van der Waals surface area contributed by atoms with Crippen LogP contribution in [-0.2, 0) is 0 Å². The van der Waals surface area contributed by atoms with Gasteiger partial charge in [-0.05, 0) is 37.6 Å². The molecule has 0 aliphatic heterocycles. The standard InChI is InChI=1S/C16H18N2OS/c1-3-19-13-8-5-7-12(10-13)18-15-11(2)6-4-9-14(15)16(17)20/h4-10,18H,3H2,1-2H3,(H2,17,20). The Kier molecular flexibility index (Phi) is 4.58.